The van der Waals surface area contributed by atoms with Crippen molar-refractivity contribution >= 4 is 11.6 Å². The van der Waals surface area contributed by atoms with Crippen LogP contribution in [0, 0.1) is 0 Å². The normalized spacial score (nSPS) is 10.3. The molecule has 2 aromatic rings. The highest BCUT2D eigenvalue weighted by atomic mass is 16.5. The average Bonchev–Trinajstić information content (AvgIpc) is 2.51. The molecular formula is C13H18N6O. The maximum Gasteiger partial charge on any atom is 0.158 e. The number of pyridine rings is 1. The van der Waals surface area contributed by atoms with Gasteiger partial charge in [0.05, 0.1) is 12.2 Å². The third-order valence-electron chi connectivity index (χ3n) is 2.53. The van der Waals surface area contributed by atoms with Crippen molar-refractivity contribution in [3.05, 3.63) is 42.0 Å². The number of nitrogens with zero attached hydrogens (tertiary/aromatic N) is 3. The highest BCUT2D eigenvalue weighted by Gasteiger charge is 2.04. The van der Waals surface area contributed by atoms with Gasteiger partial charge in [0.15, 0.2) is 5.82 Å². The quantitative estimate of drug-likeness (QED) is 0.517. The second-order valence-corrected chi connectivity index (χ2v) is 4.01. The van der Waals surface area contributed by atoms with E-state index in [1.165, 1.54) is 0 Å². The number of nitrogens with one attached hydrogen (secondary N) is 2. The number of nitrogens with two attached hydrogens (primary N) is 1. The molecule has 4 N–H and O–H groups in total. The Labute approximate surface area is 117 Å². The molecule has 0 fully saturated rings. The van der Waals surface area contributed by atoms with E-state index < -0.39 is 0 Å². The van der Waals surface area contributed by atoms with E-state index in [0.717, 1.165) is 5.69 Å². The van der Waals surface area contributed by atoms with Gasteiger partial charge in [-0.25, -0.2) is 15.8 Å². The molecule has 0 atom stereocenters. The summed E-state index contributed by atoms with van der Waals surface area (Å²) in [5.74, 6) is 7.19. The number of rotatable bonds is 7. The van der Waals surface area contributed by atoms with E-state index >= 15 is 0 Å². The van der Waals surface area contributed by atoms with Crippen LogP contribution >= 0.6 is 0 Å². The minimum Gasteiger partial charge on any atom is -0.374 e. The molecule has 0 aliphatic heterocycles. The average molecular weight is 274 g/mol. The molecule has 0 aliphatic carbocycles. The summed E-state index contributed by atoms with van der Waals surface area (Å²) in [4.78, 5) is 12.8. The molecule has 106 valence electrons. The smallest absolute Gasteiger partial charge is 0.158 e. The number of ether oxygens (including phenoxy) is 1. The van der Waals surface area contributed by atoms with E-state index in [-0.39, 0.29) is 0 Å². The van der Waals surface area contributed by atoms with Crippen molar-refractivity contribution in [3.8, 4) is 0 Å². The van der Waals surface area contributed by atoms with Gasteiger partial charge in [-0.05, 0) is 19.1 Å². The van der Waals surface area contributed by atoms with Crippen molar-refractivity contribution in [3.63, 3.8) is 0 Å². The zero-order chi connectivity index (χ0) is 14.2. The Hall–Kier alpha value is -2.25. The molecule has 0 radical (unpaired) electrons. The summed E-state index contributed by atoms with van der Waals surface area (Å²) >= 11 is 0. The van der Waals surface area contributed by atoms with Gasteiger partial charge < -0.3 is 15.5 Å². The lowest BCUT2D eigenvalue weighted by Crippen LogP contribution is -2.13. The third kappa shape index (κ3) is 4.15. The highest BCUT2D eigenvalue weighted by Crippen LogP contribution is 2.12. The van der Waals surface area contributed by atoms with Crippen LogP contribution < -0.4 is 16.6 Å². The van der Waals surface area contributed by atoms with Crippen LogP contribution in [0.2, 0.25) is 0 Å². The van der Waals surface area contributed by atoms with Crippen LogP contribution in [-0.2, 0) is 17.9 Å². The molecule has 0 saturated carbocycles. The van der Waals surface area contributed by atoms with E-state index in [1.54, 1.807) is 12.3 Å². The molecule has 2 heterocycles. The fourth-order valence-electron chi connectivity index (χ4n) is 1.60. The molecule has 0 aromatic carbocycles. The summed E-state index contributed by atoms with van der Waals surface area (Å²) in [6.45, 7) is 3.46. The van der Waals surface area contributed by atoms with Gasteiger partial charge in [-0.2, -0.15) is 0 Å². The summed E-state index contributed by atoms with van der Waals surface area (Å²) in [6.07, 6.45) is 1.75. The van der Waals surface area contributed by atoms with Crippen molar-refractivity contribution in [2.24, 2.45) is 5.84 Å². The highest BCUT2D eigenvalue weighted by molar-refractivity contribution is 5.46. The fourth-order valence-corrected chi connectivity index (χ4v) is 1.60. The van der Waals surface area contributed by atoms with Crippen molar-refractivity contribution < 1.29 is 4.74 Å². The van der Waals surface area contributed by atoms with Crippen LogP contribution in [-0.4, -0.2) is 21.6 Å². The lowest BCUT2D eigenvalue weighted by Gasteiger charge is -2.09. The maximum absolute atomic E-state index is 5.40. The van der Waals surface area contributed by atoms with Gasteiger partial charge in [-0.3, -0.25) is 4.98 Å². The molecule has 7 nitrogen and oxygen atoms in total. The Bertz CT molecular complexity index is 534. The first-order valence-corrected chi connectivity index (χ1v) is 6.38. The minimum absolute atomic E-state index is 0.351. The maximum atomic E-state index is 5.40. The molecule has 0 bridgehead atoms. The van der Waals surface area contributed by atoms with Crippen LogP contribution in [0.5, 0.6) is 0 Å². The zero-order valence-electron chi connectivity index (χ0n) is 11.3. The van der Waals surface area contributed by atoms with Gasteiger partial charge in [0.25, 0.3) is 0 Å². The van der Waals surface area contributed by atoms with Gasteiger partial charge in [-0.1, -0.05) is 6.07 Å². The molecule has 2 aromatic heterocycles. The molecule has 20 heavy (non-hydrogen) atoms. The molecule has 0 saturated heterocycles. The van der Waals surface area contributed by atoms with Crippen molar-refractivity contribution in [1.82, 2.24) is 15.0 Å². The number of anilines is 2. The van der Waals surface area contributed by atoms with Crippen LogP contribution in [0.4, 0.5) is 11.6 Å². The second-order valence-electron chi connectivity index (χ2n) is 4.01. The summed E-state index contributed by atoms with van der Waals surface area (Å²) < 4.78 is 5.30. The first-order chi connectivity index (χ1) is 9.81. The van der Waals surface area contributed by atoms with Gasteiger partial charge in [0.2, 0.25) is 0 Å². The van der Waals surface area contributed by atoms with Crippen molar-refractivity contribution in [1.29, 1.82) is 0 Å². The number of hydrazine groups is 1. The monoisotopic (exact) mass is 274 g/mol. The largest absolute Gasteiger partial charge is 0.374 e. The van der Waals surface area contributed by atoms with Crippen LogP contribution in [0.25, 0.3) is 0 Å². The number of nitrogen functional groups attached to an aromatic ring is 1. The predicted molar refractivity (Wildman–Crippen MR) is 76.7 cm³/mol. The standard InChI is InChI=1S/C13H18N6O/c1-2-20-9-13-17-11(7-12(18-13)19-14)16-8-10-5-3-4-6-15-10/h3-7H,2,8-9,14H2,1H3,(H2,16,17,18,19). The van der Waals surface area contributed by atoms with E-state index in [2.05, 4.69) is 25.7 Å². The Morgan fingerprint density at radius 2 is 2.10 bits per heavy atom. The van der Waals surface area contributed by atoms with Crippen LogP contribution in [0.1, 0.15) is 18.4 Å². The first-order valence-electron chi connectivity index (χ1n) is 6.38. The minimum atomic E-state index is 0.351. The molecule has 7 heteroatoms. The fraction of sp³-hybridized carbons (Fsp3) is 0.308. The molecule has 0 aliphatic rings. The topological polar surface area (TPSA) is 98.0 Å². The predicted octanol–water partition coefficient (Wildman–Crippen LogP) is 1.31. The van der Waals surface area contributed by atoms with Crippen molar-refractivity contribution in [2.75, 3.05) is 17.3 Å². The lowest BCUT2D eigenvalue weighted by atomic mass is 10.3. The van der Waals surface area contributed by atoms with E-state index in [0.29, 0.717) is 37.2 Å². The van der Waals surface area contributed by atoms with Gasteiger partial charge >= 0.3 is 0 Å². The molecule has 2 rings (SSSR count). The second kappa shape index (κ2) is 7.37. The van der Waals surface area contributed by atoms with Gasteiger partial charge in [-0.15, -0.1) is 0 Å². The Kier molecular flexibility index (Phi) is 5.22. The summed E-state index contributed by atoms with van der Waals surface area (Å²) in [5.41, 5.74) is 3.45. The SMILES string of the molecule is CCOCc1nc(NN)cc(NCc2ccccn2)n1. The van der Waals surface area contributed by atoms with Crippen molar-refractivity contribution in [2.45, 2.75) is 20.1 Å². The summed E-state index contributed by atoms with van der Waals surface area (Å²) in [7, 11) is 0. The Morgan fingerprint density at radius 3 is 2.80 bits per heavy atom. The number of hydrogen-bond acceptors (Lipinski definition) is 7. The summed E-state index contributed by atoms with van der Waals surface area (Å²) in [6, 6.07) is 7.50. The van der Waals surface area contributed by atoms with E-state index in [4.69, 9.17) is 10.6 Å². The Morgan fingerprint density at radius 1 is 1.25 bits per heavy atom. The molecular weight excluding hydrogens is 256 g/mol. The molecule has 0 unspecified atom stereocenters. The van der Waals surface area contributed by atoms with Crippen LogP contribution in [0.15, 0.2) is 30.5 Å². The van der Waals surface area contributed by atoms with E-state index in [9.17, 15) is 0 Å². The summed E-state index contributed by atoms with van der Waals surface area (Å²) in [5, 5.41) is 3.19. The number of hydrogen-bond donors (Lipinski definition) is 3. The third-order valence-corrected chi connectivity index (χ3v) is 2.53. The lowest BCUT2D eigenvalue weighted by molar-refractivity contribution is 0.128. The molecule has 0 amide bonds. The Balaban J connectivity index is 2.06. The van der Waals surface area contributed by atoms with Gasteiger partial charge in [0.1, 0.15) is 18.2 Å². The number of aromatic nitrogens is 3. The zero-order valence-corrected chi connectivity index (χ0v) is 11.3. The van der Waals surface area contributed by atoms with E-state index in [1.807, 2.05) is 25.1 Å². The molecule has 0 spiro atoms. The van der Waals surface area contributed by atoms with Gasteiger partial charge in [0, 0.05) is 18.9 Å². The van der Waals surface area contributed by atoms with Crippen LogP contribution in [0.3, 0.4) is 0 Å². The first kappa shape index (κ1) is 14.2.